The SMILES string of the molecule is CCOC(=O)CCC(=O)CN1CCN(C)c2ccccc21. The van der Waals surface area contributed by atoms with Crippen LogP contribution in [-0.2, 0) is 14.3 Å². The lowest BCUT2D eigenvalue weighted by atomic mass is 10.1. The van der Waals surface area contributed by atoms with Gasteiger partial charge in [-0.1, -0.05) is 12.1 Å². The van der Waals surface area contributed by atoms with Crippen LogP contribution in [-0.4, -0.2) is 45.0 Å². The van der Waals surface area contributed by atoms with Crippen molar-refractivity contribution in [2.45, 2.75) is 19.8 Å². The third-order valence-electron chi connectivity index (χ3n) is 3.62. The molecule has 0 N–H and O–H groups in total. The van der Waals surface area contributed by atoms with E-state index in [1.54, 1.807) is 6.92 Å². The number of fused-ring (bicyclic) bond motifs is 1. The number of rotatable bonds is 6. The number of Topliss-reactive ketones (excluding diaryl/α,β-unsaturated/α-hetero) is 1. The Hall–Kier alpha value is -2.04. The number of hydrogen-bond donors (Lipinski definition) is 0. The molecule has 5 heteroatoms. The summed E-state index contributed by atoms with van der Waals surface area (Å²) in [6.45, 7) is 4.19. The second-order valence-electron chi connectivity index (χ2n) is 5.18. The molecule has 1 aliphatic rings. The highest BCUT2D eigenvalue weighted by Crippen LogP contribution is 2.31. The third-order valence-corrected chi connectivity index (χ3v) is 3.62. The highest BCUT2D eigenvalue weighted by Gasteiger charge is 2.21. The molecule has 0 amide bonds. The molecule has 5 nitrogen and oxygen atoms in total. The molecule has 0 saturated carbocycles. The van der Waals surface area contributed by atoms with Gasteiger partial charge in [-0.05, 0) is 19.1 Å². The van der Waals surface area contributed by atoms with E-state index in [-0.39, 0.29) is 24.6 Å². The van der Waals surface area contributed by atoms with Crippen LogP contribution in [0.25, 0.3) is 0 Å². The van der Waals surface area contributed by atoms with E-state index in [0.717, 1.165) is 24.5 Å². The average molecular weight is 290 g/mol. The number of para-hydroxylation sites is 2. The van der Waals surface area contributed by atoms with Gasteiger partial charge in [0.15, 0.2) is 5.78 Å². The highest BCUT2D eigenvalue weighted by atomic mass is 16.5. The van der Waals surface area contributed by atoms with Crippen molar-refractivity contribution in [3.63, 3.8) is 0 Å². The molecule has 0 bridgehead atoms. The Kier molecular flexibility index (Phi) is 5.20. The van der Waals surface area contributed by atoms with Crippen molar-refractivity contribution < 1.29 is 14.3 Å². The Morgan fingerprint density at radius 3 is 2.57 bits per heavy atom. The van der Waals surface area contributed by atoms with E-state index >= 15 is 0 Å². The largest absolute Gasteiger partial charge is 0.466 e. The first kappa shape index (κ1) is 15.4. The van der Waals surface area contributed by atoms with Gasteiger partial charge in [-0.2, -0.15) is 0 Å². The summed E-state index contributed by atoms with van der Waals surface area (Å²) >= 11 is 0. The molecule has 2 rings (SSSR count). The molecule has 0 unspecified atom stereocenters. The Labute approximate surface area is 125 Å². The maximum Gasteiger partial charge on any atom is 0.306 e. The van der Waals surface area contributed by atoms with Gasteiger partial charge < -0.3 is 14.5 Å². The molecular formula is C16H22N2O3. The number of anilines is 2. The minimum atomic E-state index is -0.301. The smallest absolute Gasteiger partial charge is 0.306 e. The van der Waals surface area contributed by atoms with E-state index in [2.05, 4.69) is 22.9 Å². The van der Waals surface area contributed by atoms with Crippen molar-refractivity contribution in [3.8, 4) is 0 Å². The molecular weight excluding hydrogens is 268 g/mol. The summed E-state index contributed by atoms with van der Waals surface area (Å²) in [6, 6.07) is 8.07. The molecule has 1 heterocycles. The summed E-state index contributed by atoms with van der Waals surface area (Å²) in [5.41, 5.74) is 2.22. The van der Waals surface area contributed by atoms with Gasteiger partial charge >= 0.3 is 5.97 Å². The average Bonchev–Trinajstić information content (AvgIpc) is 2.49. The fraction of sp³-hybridized carbons (Fsp3) is 0.500. The van der Waals surface area contributed by atoms with Crippen LogP contribution in [0, 0.1) is 0 Å². The molecule has 0 spiro atoms. The summed E-state index contributed by atoms with van der Waals surface area (Å²) in [5, 5.41) is 0. The molecule has 0 radical (unpaired) electrons. The maximum absolute atomic E-state index is 12.0. The van der Waals surface area contributed by atoms with Crippen LogP contribution in [0.5, 0.6) is 0 Å². The molecule has 1 aliphatic heterocycles. The molecule has 0 fully saturated rings. The molecule has 0 aromatic heterocycles. The van der Waals surface area contributed by atoms with Crippen molar-refractivity contribution in [3.05, 3.63) is 24.3 Å². The normalized spacial score (nSPS) is 13.8. The third kappa shape index (κ3) is 3.97. The lowest BCUT2D eigenvalue weighted by Crippen LogP contribution is -2.41. The van der Waals surface area contributed by atoms with Crippen LogP contribution in [0.4, 0.5) is 11.4 Å². The highest BCUT2D eigenvalue weighted by molar-refractivity contribution is 5.88. The first-order valence-corrected chi connectivity index (χ1v) is 7.34. The Balaban J connectivity index is 1.93. The van der Waals surface area contributed by atoms with E-state index in [4.69, 9.17) is 4.74 Å². The van der Waals surface area contributed by atoms with Crippen LogP contribution in [0.1, 0.15) is 19.8 Å². The molecule has 0 atom stereocenters. The number of carbonyl (C=O) groups is 2. The van der Waals surface area contributed by atoms with Crippen molar-refractivity contribution in [1.29, 1.82) is 0 Å². The zero-order valence-electron chi connectivity index (χ0n) is 12.7. The fourth-order valence-electron chi connectivity index (χ4n) is 2.50. The molecule has 0 aliphatic carbocycles. The van der Waals surface area contributed by atoms with E-state index in [1.165, 1.54) is 0 Å². The summed E-state index contributed by atoms with van der Waals surface area (Å²) < 4.78 is 4.84. The van der Waals surface area contributed by atoms with E-state index in [0.29, 0.717) is 13.2 Å². The van der Waals surface area contributed by atoms with Crippen LogP contribution < -0.4 is 9.80 Å². The van der Waals surface area contributed by atoms with Crippen LogP contribution in [0.3, 0.4) is 0 Å². The van der Waals surface area contributed by atoms with Crippen LogP contribution >= 0.6 is 0 Å². The zero-order valence-corrected chi connectivity index (χ0v) is 12.7. The van der Waals surface area contributed by atoms with Gasteiger partial charge in [0.2, 0.25) is 0 Å². The predicted molar refractivity (Wildman–Crippen MR) is 82.8 cm³/mol. The summed E-state index contributed by atoms with van der Waals surface area (Å²) in [4.78, 5) is 27.6. The van der Waals surface area contributed by atoms with Gasteiger partial charge in [0.25, 0.3) is 0 Å². The number of likely N-dealkylation sites (N-methyl/N-ethyl adjacent to an activating group) is 1. The first-order valence-electron chi connectivity index (χ1n) is 7.34. The van der Waals surface area contributed by atoms with Crippen LogP contribution in [0.15, 0.2) is 24.3 Å². The number of hydrogen-bond acceptors (Lipinski definition) is 5. The number of esters is 1. The van der Waals surface area contributed by atoms with Crippen molar-refractivity contribution in [2.75, 3.05) is 43.1 Å². The van der Waals surface area contributed by atoms with Crippen molar-refractivity contribution >= 4 is 23.1 Å². The number of benzene rings is 1. The summed E-state index contributed by atoms with van der Waals surface area (Å²) in [7, 11) is 2.05. The second-order valence-corrected chi connectivity index (χ2v) is 5.18. The minimum absolute atomic E-state index is 0.0717. The lowest BCUT2D eigenvalue weighted by molar-refractivity contribution is -0.144. The second kappa shape index (κ2) is 7.11. The van der Waals surface area contributed by atoms with Gasteiger partial charge in [-0.15, -0.1) is 0 Å². The molecule has 0 saturated heterocycles. The first-order chi connectivity index (χ1) is 10.1. The fourth-order valence-corrected chi connectivity index (χ4v) is 2.50. The number of ketones is 1. The van der Waals surface area contributed by atoms with Crippen LogP contribution in [0.2, 0.25) is 0 Å². The maximum atomic E-state index is 12.0. The van der Waals surface area contributed by atoms with Gasteiger partial charge in [-0.3, -0.25) is 9.59 Å². The van der Waals surface area contributed by atoms with Gasteiger partial charge in [0.1, 0.15) is 0 Å². The summed E-state index contributed by atoms with van der Waals surface area (Å²) in [5.74, 6) is -0.230. The molecule has 1 aromatic carbocycles. The topological polar surface area (TPSA) is 49.9 Å². The van der Waals surface area contributed by atoms with E-state index < -0.39 is 0 Å². The standard InChI is InChI=1S/C16H22N2O3/c1-3-21-16(20)9-8-13(19)12-18-11-10-17(2)14-6-4-5-7-15(14)18/h4-7H,3,8-12H2,1-2H3. The number of carbonyl (C=O) groups excluding carboxylic acids is 2. The quantitative estimate of drug-likeness (QED) is 0.748. The number of ether oxygens (including phenoxy) is 1. The molecule has 1 aromatic rings. The zero-order chi connectivity index (χ0) is 15.2. The van der Waals surface area contributed by atoms with Crippen molar-refractivity contribution in [1.82, 2.24) is 0 Å². The van der Waals surface area contributed by atoms with Gasteiger partial charge in [0.05, 0.1) is 30.9 Å². The van der Waals surface area contributed by atoms with Crippen molar-refractivity contribution in [2.24, 2.45) is 0 Å². The minimum Gasteiger partial charge on any atom is -0.466 e. The predicted octanol–water partition coefficient (Wildman–Crippen LogP) is 1.86. The monoisotopic (exact) mass is 290 g/mol. The lowest BCUT2D eigenvalue weighted by Gasteiger charge is -2.36. The van der Waals surface area contributed by atoms with E-state index in [9.17, 15) is 9.59 Å². The number of nitrogens with zero attached hydrogens (tertiary/aromatic N) is 2. The Bertz CT molecular complexity index is 516. The molecule has 114 valence electrons. The summed E-state index contributed by atoms with van der Waals surface area (Å²) in [6.07, 6.45) is 0.412. The molecule has 21 heavy (non-hydrogen) atoms. The Morgan fingerprint density at radius 2 is 1.86 bits per heavy atom. The Morgan fingerprint density at radius 1 is 1.14 bits per heavy atom. The van der Waals surface area contributed by atoms with Gasteiger partial charge in [-0.25, -0.2) is 0 Å². The van der Waals surface area contributed by atoms with Gasteiger partial charge in [0, 0.05) is 26.6 Å². The van der Waals surface area contributed by atoms with E-state index in [1.807, 2.05) is 18.2 Å².